The molecule has 1 aliphatic rings. The van der Waals surface area contributed by atoms with Gasteiger partial charge < -0.3 is 9.47 Å². The van der Waals surface area contributed by atoms with Crippen LogP contribution in [0.5, 0.6) is 0 Å². The Morgan fingerprint density at radius 1 is 1.10 bits per heavy atom. The lowest BCUT2D eigenvalue weighted by Crippen LogP contribution is -2.52. The van der Waals surface area contributed by atoms with Crippen molar-refractivity contribution in [3.8, 4) is 0 Å². The fourth-order valence-electron chi connectivity index (χ4n) is 3.57. The molecule has 0 spiro atoms. The highest BCUT2D eigenvalue weighted by atomic mass is 16.5. The monoisotopic (exact) mass is 276 g/mol. The fraction of sp³-hybridized carbons (Fsp3) is 0.588. The van der Waals surface area contributed by atoms with Gasteiger partial charge in [0.05, 0.1) is 7.11 Å². The van der Waals surface area contributed by atoms with Gasteiger partial charge in [-0.3, -0.25) is 4.79 Å². The third-order valence-electron chi connectivity index (χ3n) is 4.93. The summed E-state index contributed by atoms with van der Waals surface area (Å²) in [6, 6.07) is 10.0. The summed E-state index contributed by atoms with van der Waals surface area (Å²) in [4.78, 5) is 12.6. The summed E-state index contributed by atoms with van der Waals surface area (Å²) in [6.07, 6.45) is 4.90. The lowest BCUT2D eigenvalue weighted by Gasteiger charge is -2.48. The Kier molecular flexibility index (Phi) is 4.48. The van der Waals surface area contributed by atoms with E-state index in [0.717, 1.165) is 31.2 Å². The van der Waals surface area contributed by atoms with Crippen molar-refractivity contribution in [2.24, 2.45) is 5.41 Å². The molecule has 1 aromatic carbocycles. The molecule has 0 bridgehead atoms. The molecule has 3 heteroatoms. The van der Waals surface area contributed by atoms with Crippen molar-refractivity contribution in [1.82, 2.24) is 0 Å². The average molecular weight is 276 g/mol. The summed E-state index contributed by atoms with van der Waals surface area (Å²) in [5, 5.41) is 0. The van der Waals surface area contributed by atoms with Gasteiger partial charge in [-0.25, -0.2) is 0 Å². The Balaban J connectivity index is 2.52. The molecule has 0 aromatic heterocycles. The molecule has 110 valence electrons. The van der Waals surface area contributed by atoms with Crippen LogP contribution in [0.3, 0.4) is 0 Å². The first-order valence-electron chi connectivity index (χ1n) is 7.30. The summed E-state index contributed by atoms with van der Waals surface area (Å²) >= 11 is 0. The summed E-state index contributed by atoms with van der Waals surface area (Å²) < 4.78 is 11.0. The largest absolute Gasteiger partial charge is 0.468 e. The van der Waals surface area contributed by atoms with Crippen LogP contribution in [0.1, 0.15) is 44.6 Å². The number of esters is 1. The van der Waals surface area contributed by atoms with E-state index in [4.69, 9.17) is 9.47 Å². The molecule has 1 aromatic rings. The molecule has 3 nitrogen and oxygen atoms in total. The highest BCUT2D eigenvalue weighted by Gasteiger charge is 2.56. The molecule has 1 fully saturated rings. The molecule has 0 saturated heterocycles. The second-order valence-electron chi connectivity index (χ2n) is 5.74. The maximum Gasteiger partial charge on any atom is 0.315 e. The Bertz CT molecular complexity index is 449. The number of carbonyl (C=O) groups excluding carboxylic acids is 1. The van der Waals surface area contributed by atoms with Gasteiger partial charge in [0.1, 0.15) is 11.0 Å². The maximum absolute atomic E-state index is 12.6. The minimum absolute atomic E-state index is 0.148. The van der Waals surface area contributed by atoms with E-state index in [0.29, 0.717) is 0 Å². The minimum atomic E-state index is -0.651. The molecule has 0 aliphatic heterocycles. The number of carbonyl (C=O) groups is 1. The van der Waals surface area contributed by atoms with E-state index >= 15 is 0 Å². The summed E-state index contributed by atoms with van der Waals surface area (Å²) in [5.74, 6) is -0.148. The molecule has 2 rings (SSSR count). The van der Waals surface area contributed by atoms with Gasteiger partial charge in [0.25, 0.3) is 0 Å². The molecule has 0 heterocycles. The molecule has 0 amide bonds. The number of hydrogen-bond donors (Lipinski definition) is 0. The summed E-state index contributed by atoms with van der Waals surface area (Å²) in [7, 11) is 3.16. The van der Waals surface area contributed by atoms with Crippen LogP contribution in [0.2, 0.25) is 0 Å². The molecule has 1 unspecified atom stereocenters. The fourth-order valence-corrected chi connectivity index (χ4v) is 3.57. The van der Waals surface area contributed by atoms with Crippen LogP contribution in [-0.2, 0) is 19.9 Å². The quantitative estimate of drug-likeness (QED) is 0.787. The standard InChI is InChI=1S/C17H24O3/c1-16(20-3,14-10-6-4-7-11-14)17(15(18)19-2)12-8-5-9-13-17/h4,6-7,10-11H,5,8-9,12-13H2,1-3H3. The third-order valence-corrected chi connectivity index (χ3v) is 4.93. The molecular weight excluding hydrogens is 252 g/mol. The van der Waals surface area contributed by atoms with Gasteiger partial charge in [-0.2, -0.15) is 0 Å². The average Bonchev–Trinajstić information content (AvgIpc) is 2.54. The number of benzene rings is 1. The van der Waals surface area contributed by atoms with Crippen molar-refractivity contribution < 1.29 is 14.3 Å². The zero-order valence-electron chi connectivity index (χ0n) is 12.6. The van der Waals surface area contributed by atoms with E-state index < -0.39 is 11.0 Å². The van der Waals surface area contributed by atoms with E-state index in [-0.39, 0.29) is 5.97 Å². The molecule has 20 heavy (non-hydrogen) atoms. The van der Waals surface area contributed by atoms with E-state index in [2.05, 4.69) is 0 Å². The van der Waals surface area contributed by atoms with Crippen LogP contribution in [0, 0.1) is 5.41 Å². The van der Waals surface area contributed by atoms with Crippen LogP contribution >= 0.6 is 0 Å². The van der Waals surface area contributed by atoms with Gasteiger partial charge in [0.15, 0.2) is 0 Å². The predicted octanol–water partition coefficient (Wildman–Crippen LogP) is 3.67. The molecule has 0 radical (unpaired) electrons. The van der Waals surface area contributed by atoms with Gasteiger partial charge >= 0.3 is 5.97 Å². The second kappa shape index (κ2) is 5.96. The molecule has 1 saturated carbocycles. The van der Waals surface area contributed by atoms with Crippen LogP contribution in [0.4, 0.5) is 0 Å². The van der Waals surface area contributed by atoms with Crippen LogP contribution in [0.15, 0.2) is 30.3 Å². The van der Waals surface area contributed by atoms with E-state index in [9.17, 15) is 4.79 Å². The van der Waals surface area contributed by atoms with Crippen LogP contribution in [-0.4, -0.2) is 20.2 Å². The highest BCUT2D eigenvalue weighted by Crippen LogP contribution is 2.52. The van der Waals surface area contributed by atoms with Gasteiger partial charge in [-0.05, 0) is 25.3 Å². The second-order valence-corrected chi connectivity index (χ2v) is 5.74. The van der Waals surface area contributed by atoms with Crippen molar-refractivity contribution >= 4 is 5.97 Å². The third kappa shape index (κ3) is 2.24. The zero-order valence-corrected chi connectivity index (χ0v) is 12.6. The van der Waals surface area contributed by atoms with Crippen molar-refractivity contribution in [2.45, 2.75) is 44.6 Å². The highest BCUT2D eigenvalue weighted by molar-refractivity contribution is 5.79. The van der Waals surface area contributed by atoms with Gasteiger partial charge in [0.2, 0.25) is 0 Å². The van der Waals surface area contributed by atoms with E-state index in [1.165, 1.54) is 13.5 Å². The summed E-state index contributed by atoms with van der Waals surface area (Å²) in [5.41, 5.74) is -0.201. The number of methoxy groups -OCH3 is 2. The molecule has 0 N–H and O–H groups in total. The maximum atomic E-state index is 12.6. The van der Waals surface area contributed by atoms with E-state index in [1.807, 2.05) is 37.3 Å². The van der Waals surface area contributed by atoms with Crippen molar-refractivity contribution in [3.63, 3.8) is 0 Å². The topological polar surface area (TPSA) is 35.5 Å². The number of rotatable bonds is 4. The Hall–Kier alpha value is -1.35. The van der Waals surface area contributed by atoms with Crippen LogP contribution in [0.25, 0.3) is 0 Å². The predicted molar refractivity (Wildman–Crippen MR) is 78.3 cm³/mol. The van der Waals surface area contributed by atoms with Gasteiger partial charge in [-0.1, -0.05) is 49.6 Å². The summed E-state index contributed by atoms with van der Waals surface area (Å²) in [6.45, 7) is 2.02. The first-order chi connectivity index (χ1) is 9.60. The SMILES string of the molecule is COC(=O)C1(C(C)(OC)c2ccccc2)CCCCC1. The normalized spacial score (nSPS) is 20.9. The van der Waals surface area contributed by atoms with Crippen molar-refractivity contribution in [1.29, 1.82) is 0 Å². The number of hydrogen-bond acceptors (Lipinski definition) is 3. The van der Waals surface area contributed by atoms with Crippen molar-refractivity contribution in [3.05, 3.63) is 35.9 Å². The zero-order chi connectivity index (χ0) is 14.6. The smallest absolute Gasteiger partial charge is 0.315 e. The van der Waals surface area contributed by atoms with Crippen LogP contribution < -0.4 is 0 Å². The number of ether oxygens (including phenoxy) is 2. The van der Waals surface area contributed by atoms with Gasteiger partial charge in [-0.15, -0.1) is 0 Å². The van der Waals surface area contributed by atoms with Gasteiger partial charge in [0, 0.05) is 7.11 Å². The Morgan fingerprint density at radius 2 is 1.70 bits per heavy atom. The van der Waals surface area contributed by atoms with E-state index in [1.54, 1.807) is 7.11 Å². The Labute approximate surface area is 121 Å². The lowest BCUT2D eigenvalue weighted by atomic mass is 9.61. The molecular formula is C17H24O3. The van der Waals surface area contributed by atoms with Crippen molar-refractivity contribution in [2.75, 3.05) is 14.2 Å². The molecule has 1 aliphatic carbocycles. The first kappa shape index (κ1) is 15.0. The lowest BCUT2D eigenvalue weighted by molar-refractivity contribution is -0.184. The first-order valence-corrected chi connectivity index (χ1v) is 7.30. The minimum Gasteiger partial charge on any atom is -0.468 e. The Morgan fingerprint density at radius 3 is 2.20 bits per heavy atom. The molecule has 1 atom stereocenters.